The zero-order valence-corrected chi connectivity index (χ0v) is 7.81. The van der Waals surface area contributed by atoms with Gasteiger partial charge in [-0.2, -0.15) is 5.26 Å². The quantitative estimate of drug-likeness (QED) is 0.682. The maximum absolute atomic E-state index is 13.2. The molecule has 0 fully saturated rings. The average Bonchev–Trinajstić information content (AvgIpc) is 2.13. The van der Waals surface area contributed by atoms with Crippen LogP contribution < -0.4 is 0 Å². The fourth-order valence-corrected chi connectivity index (χ4v) is 1.29. The minimum Gasteiger partial charge on any atom is -0.205 e. The molecule has 13 heavy (non-hydrogen) atoms. The number of nitriles is 1. The number of hydrogen-bond donors (Lipinski definition) is 0. The molecule has 0 unspecified atom stereocenters. The SMILES string of the molecule is N#CCCCc1cccc(Cl)c1F. The summed E-state index contributed by atoms with van der Waals surface area (Å²) in [6.45, 7) is 0. The predicted molar refractivity (Wildman–Crippen MR) is 50.0 cm³/mol. The molecule has 68 valence electrons. The molecule has 0 amide bonds. The highest BCUT2D eigenvalue weighted by Gasteiger charge is 2.04. The Morgan fingerprint density at radius 1 is 1.46 bits per heavy atom. The summed E-state index contributed by atoms with van der Waals surface area (Å²) in [6.07, 6.45) is 1.69. The highest BCUT2D eigenvalue weighted by molar-refractivity contribution is 6.30. The molecular weight excluding hydrogens is 189 g/mol. The van der Waals surface area contributed by atoms with Crippen molar-refractivity contribution in [1.82, 2.24) is 0 Å². The van der Waals surface area contributed by atoms with Crippen molar-refractivity contribution in [3.63, 3.8) is 0 Å². The lowest BCUT2D eigenvalue weighted by Gasteiger charge is -2.01. The first-order valence-electron chi connectivity index (χ1n) is 4.05. The lowest BCUT2D eigenvalue weighted by atomic mass is 10.1. The fourth-order valence-electron chi connectivity index (χ4n) is 1.10. The van der Waals surface area contributed by atoms with Gasteiger partial charge < -0.3 is 0 Å². The first kappa shape index (κ1) is 10.0. The summed E-state index contributed by atoms with van der Waals surface area (Å²) in [6, 6.07) is 6.94. The first-order chi connectivity index (χ1) is 6.25. The number of hydrogen-bond acceptors (Lipinski definition) is 1. The van der Waals surface area contributed by atoms with E-state index in [2.05, 4.69) is 0 Å². The van der Waals surface area contributed by atoms with Gasteiger partial charge in [0.25, 0.3) is 0 Å². The Balaban J connectivity index is 2.67. The van der Waals surface area contributed by atoms with Crippen LogP contribution >= 0.6 is 11.6 Å². The number of unbranched alkanes of at least 4 members (excludes halogenated alkanes) is 1. The van der Waals surface area contributed by atoms with Crippen LogP contribution in [0.2, 0.25) is 5.02 Å². The molecule has 0 bridgehead atoms. The topological polar surface area (TPSA) is 23.8 Å². The van der Waals surface area contributed by atoms with Crippen LogP contribution in [-0.2, 0) is 6.42 Å². The third-order valence-electron chi connectivity index (χ3n) is 1.77. The lowest BCUT2D eigenvalue weighted by Crippen LogP contribution is -1.90. The molecule has 0 radical (unpaired) electrons. The van der Waals surface area contributed by atoms with Crippen molar-refractivity contribution in [2.45, 2.75) is 19.3 Å². The van der Waals surface area contributed by atoms with Crippen molar-refractivity contribution in [2.24, 2.45) is 0 Å². The van der Waals surface area contributed by atoms with E-state index in [-0.39, 0.29) is 10.8 Å². The Bertz CT molecular complexity index is 330. The molecule has 0 aliphatic heterocycles. The molecule has 1 nitrogen and oxygen atoms in total. The molecule has 0 aliphatic rings. The largest absolute Gasteiger partial charge is 0.205 e. The molecule has 0 heterocycles. The van der Waals surface area contributed by atoms with Crippen LogP contribution in [0, 0.1) is 17.1 Å². The smallest absolute Gasteiger partial charge is 0.144 e. The Morgan fingerprint density at radius 2 is 2.23 bits per heavy atom. The number of benzene rings is 1. The Hall–Kier alpha value is -1.07. The third kappa shape index (κ3) is 2.71. The molecule has 0 aliphatic carbocycles. The van der Waals surface area contributed by atoms with E-state index in [0.29, 0.717) is 24.8 Å². The normalized spacial score (nSPS) is 9.62. The van der Waals surface area contributed by atoms with Gasteiger partial charge in [0.05, 0.1) is 11.1 Å². The summed E-state index contributed by atoms with van der Waals surface area (Å²) in [5.41, 5.74) is 0.586. The van der Waals surface area contributed by atoms with Gasteiger partial charge in [-0.15, -0.1) is 0 Å². The predicted octanol–water partition coefficient (Wildman–Crippen LogP) is 3.33. The van der Waals surface area contributed by atoms with Gasteiger partial charge in [0, 0.05) is 6.42 Å². The van der Waals surface area contributed by atoms with Crippen LogP contribution in [0.15, 0.2) is 18.2 Å². The van der Waals surface area contributed by atoms with Gasteiger partial charge in [-0.1, -0.05) is 23.7 Å². The van der Waals surface area contributed by atoms with Crippen molar-refractivity contribution in [3.8, 4) is 6.07 Å². The molecule has 0 aromatic heterocycles. The first-order valence-corrected chi connectivity index (χ1v) is 4.43. The molecule has 0 spiro atoms. The summed E-state index contributed by atoms with van der Waals surface area (Å²) in [4.78, 5) is 0. The van der Waals surface area contributed by atoms with E-state index in [4.69, 9.17) is 16.9 Å². The molecule has 0 atom stereocenters. The lowest BCUT2D eigenvalue weighted by molar-refractivity contribution is 0.606. The van der Waals surface area contributed by atoms with Crippen molar-refractivity contribution < 1.29 is 4.39 Å². The zero-order valence-electron chi connectivity index (χ0n) is 7.06. The van der Waals surface area contributed by atoms with Crippen molar-refractivity contribution >= 4 is 11.6 Å². The minimum atomic E-state index is -0.359. The summed E-state index contributed by atoms with van der Waals surface area (Å²) in [5.74, 6) is -0.359. The van der Waals surface area contributed by atoms with Gasteiger partial charge in [-0.3, -0.25) is 0 Å². The number of nitrogens with zero attached hydrogens (tertiary/aromatic N) is 1. The highest BCUT2D eigenvalue weighted by atomic mass is 35.5. The molecule has 1 aromatic rings. The molecule has 1 rings (SSSR count). The van der Waals surface area contributed by atoms with Gasteiger partial charge >= 0.3 is 0 Å². The summed E-state index contributed by atoms with van der Waals surface area (Å²) in [7, 11) is 0. The fraction of sp³-hybridized carbons (Fsp3) is 0.300. The standard InChI is InChI=1S/C10H9ClFN/c11-9-6-3-5-8(10(9)12)4-1-2-7-13/h3,5-6H,1-2,4H2. The maximum atomic E-state index is 13.2. The van der Waals surface area contributed by atoms with E-state index in [1.165, 1.54) is 6.07 Å². The monoisotopic (exact) mass is 197 g/mol. The number of halogens is 2. The zero-order chi connectivity index (χ0) is 9.68. The number of rotatable bonds is 3. The second-order valence-corrected chi connectivity index (χ2v) is 3.13. The van der Waals surface area contributed by atoms with E-state index in [0.717, 1.165) is 0 Å². The second-order valence-electron chi connectivity index (χ2n) is 2.72. The van der Waals surface area contributed by atoms with Crippen LogP contribution in [0.3, 0.4) is 0 Å². The second kappa shape index (κ2) is 4.84. The van der Waals surface area contributed by atoms with Crippen molar-refractivity contribution in [2.75, 3.05) is 0 Å². The number of aryl methyl sites for hydroxylation is 1. The van der Waals surface area contributed by atoms with Crippen LogP contribution in [-0.4, -0.2) is 0 Å². The average molecular weight is 198 g/mol. The van der Waals surface area contributed by atoms with Gasteiger partial charge in [0.15, 0.2) is 0 Å². The van der Waals surface area contributed by atoms with Gasteiger partial charge in [0.1, 0.15) is 5.82 Å². The Morgan fingerprint density at radius 3 is 2.92 bits per heavy atom. The van der Waals surface area contributed by atoms with Gasteiger partial charge in [-0.25, -0.2) is 4.39 Å². The van der Waals surface area contributed by atoms with Crippen LogP contribution in [0.25, 0.3) is 0 Å². The third-order valence-corrected chi connectivity index (χ3v) is 2.06. The Labute approximate surface area is 81.8 Å². The molecule has 0 saturated heterocycles. The highest BCUT2D eigenvalue weighted by Crippen LogP contribution is 2.19. The van der Waals surface area contributed by atoms with E-state index in [9.17, 15) is 4.39 Å². The van der Waals surface area contributed by atoms with Crippen molar-refractivity contribution in [3.05, 3.63) is 34.6 Å². The molecule has 0 saturated carbocycles. The van der Waals surface area contributed by atoms with E-state index in [1.54, 1.807) is 12.1 Å². The molecular formula is C10H9ClFN. The van der Waals surface area contributed by atoms with E-state index in [1.807, 2.05) is 6.07 Å². The summed E-state index contributed by atoms with van der Waals surface area (Å²) >= 11 is 5.59. The van der Waals surface area contributed by atoms with Gasteiger partial charge in [0.2, 0.25) is 0 Å². The van der Waals surface area contributed by atoms with Crippen LogP contribution in [0.5, 0.6) is 0 Å². The van der Waals surface area contributed by atoms with E-state index >= 15 is 0 Å². The minimum absolute atomic E-state index is 0.148. The molecule has 0 N–H and O–H groups in total. The molecule has 3 heteroatoms. The van der Waals surface area contributed by atoms with Gasteiger partial charge in [-0.05, 0) is 24.5 Å². The Kier molecular flexibility index (Phi) is 3.72. The maximum Gasteiger partial charge on any atom is 0.144 e. The van der Waals surface area contributed by atoms with Crippen molar-refractivity contribution in [1.29, 1.82) is 5.26 Å². The summed E-state index contributed by atoms with van der Waals surface area (Å²) < 4.78 is 13.2. The molecule has 1 aromatic carbocycles. The van der Waals surface area contributed by atoms with Crippen LogP contribution in [0.1, 0.15) is 18.4 Å². The summed E-state index contributed by atoms with van der Waals surface area (Å²) in [5, 5.41) is 8.45. The van der Waals surface area contributed by atoms with E-state index < -0.39 is 0 Å². The van der Waals surface area contributed by atoms with Crippen LogP contribution in [0.4, 0.5) is 4.39 Å².